The van der Waals surface area contributed by atoms with E-state index in [1.165, 1.54) is 12.7 Å². The minimum Gasteiger partial charge on any atom is -0.491 e. The maximum atomic E-state index is 11.5. The Balaban J connectivity index is 1.42. The maximum absolute atomic E-state index is 11.5. The summed E-state index contributed by atoms with van der Waals surface area (Å²) in [5, 5.41) is 19.7. The van der Waals surface area contributed by atoms with Crippen LogP contribution >= 0.6 is 0 Å². The summed E-state index contributed by atoms with van der Waals surface area (Å²) < 4.78 is 10.4. The van der Waals surface area contributed by atoms with Crippen molar-refractivity contribution in [3.63, 3.8) is 0 Å². The van der Waals surface area contributed by atoms with E-state index in [0.29, 0.717) is 29.7 Å². The van der Waals surface area contributed by atoms with Crippen molar-refractivity contribution < 1.29 is 19.4 Å². The topological polar surface area (TPSA) is 82.8 Å². The molecule has 0 saturated carbocycles. The highest BCUT2D eigenvalue weighted by atomic mass is 16.5. The Kier molecular flexibility index (Phi) is 6.86. The molecule has 6 nitrogen and oxygen atoms in total. The Labute approximate surface area is 171 Å². The fourth-order valence-corrected chi connectivity index (χ4v) is 3.39. The highest BCUT2D eigenvalue weighted by Gasteiger charge is 2.33. The van der Waals surface area contributed by atoms with Crippen LogP contribution < -0.4 is 4.74 Å². The summed E-state index contributed by atoms with van der Waals surface area (Å²) in [4.78, 5) is 13.8. The molecule has 0 spiro atoms. The van der Waals surface area contributed by atoms with Gasteiger partial charge in [-0.1, -0.05) is 12.1 Å². The average molecular weight is 394 g/mol. The lowest BCUT2D eigenvalue weighted by Gasteiger charge is -2.38. The lowest BCUT2D eigenvalue weighted by molar-refractivity contribution is -0.0521. The number of ether oxygens (including phenoxy) is 2. The lowest BCUT2D eigenvalue weighted by Crippen LogP contribution is -2.48. The molecule has 2 aromatic carbocycles. The van der Waals surface area contributed by atoms with Gasteiger partial charge in [-0.25, -0.2) is 4.79 Å². The molecule has 1 aliphatic rings. The van der Waals surface area contributed by atoms with E-state index < -0.39 is 5.60 Å². The molecule has 3 rings (SSSR count). The number of nitriles is 1. The van der Waals surface area contributed by atoms with Crippen LogP contribution in [0.2, 0.25) is 0 Å². The van der Waals surface area contributed by atoms with Crippen LogP contribution in [0, 0.1) is 11.3 Å². The van der Waals surface area contributed by atoms with Gasteiger partial charge in [-0.3, -0.25) is 0 Å². The molecule has 29 heavy (non-hydrogen) atoms. The van der Waals surface area contributed by atoms with Crippen molar-refractivity contribution in [2.24, 2.45) is 0 Å². The van der Waals surface area contributed by atoms with E-state index in [0.717, 1.165) is 26.1 Å². The number of piperidine rings is 1. The van der Waals surface area contributed by atoms with Gasteiger partial charge in [0.1, 0.15) is 18.0 Å². The number of benzene rings is 2. The van der Waals surface area contributed by atoms with Crippen molar-refractivity contribution in [2.75, 3.05) is 33.4 Å². The van der Waals surface area contributed by atoms with Crippen LogP contribution in [0.4, 0.5) is 0 Å². The van der Waals surface area contributed by atoms with Crippen molar-refractivity contribution in [3.05, 3.63) is 65.2 Å². The number of methoxy groups -OCH3 is 1. The normalized spacial score (nSPS) is 16.0. The molecule has 1 fully saturated rings. The van der Waals surface area contributed by atoms with Gasteiger partial charge < -0.3 is 19.5 Å². The number of esters is 1. The number of likely N-dealkylation sites (tertiary alicyclic amines) is 1. The standard InChI is InChI=1S/C23H26N2O4/c1-28-22(26)20-6-8-21(9-7-20)29-17-23(27)11-14-25(15-12-23)13-10-18-2-4-19(16-24)5-3-18/h2-9,27H,10-15,17H2,1H3. The second kappa shape index (κ2) is 9.55. The molecule has 0 amide bonds. The van der Waals surface area contributed by atoms with Crippen LogP contribution in [0.25, 0.3) is 0 Å². The van der Waals surface area contributed by atoms with E-state index in [4.69, 9.17) is 10.00 Å². The maximum Gasteiger partial charge on any atom is 0.337 e. The predicted octanol–water partition coefficient (Wildman–Crippen LogP) is 2.79. The number of hydrogen-bond donors (Lipinski definition) is 1. The van der Waals surface area contributed by atoms with Crippen molar-refractivity contribution in [1.29, 1.82) is 5.26 Å². The van der Waals surface area contributed by atoms with Crippen molar-refractivity contribution in [2.45, 2.75) is 24.9 Å². The van der Waals surface area contributed by atoms with Gasteiger partial charge in [0.25, 0.3) is 0 Å². The Morgan fingerprint density at radius 1 is 1.14 bits per heavy atom. The SMILES string of the molecule is COC(=O)c1ccc(OCC2(O)CCN(CCc3ccc(C#N)cc3)CC2)cc1. The highest BCUT2D eigenvalue weighted by Crippen LogP contribution is 2.24. The van der Waals surface area contributed by atoms with Gasteiger partial charge in [-0.15, -0.1) is 0 Å². The summed E-state index contributed by atoms with van der Waals surface area (Å²) >= 11 is 0. The van der Waals surface area contributed by atoms with Crippen LogP contribution in [0.1, 0.15) is 34.3 Å². The summed E-state index contributed by atoms with van der Waals surface area (Å²) in [6.07, 6.45) is 2.23. The van der Waals surface area contributed by atoms with Crippen LogP contribution in [0.3, 0.4) is 0 Å². The van der Waals surface area contributed by atoms with Crippen LogP contribution in [-0.2, 0) is 11.2 Å². The highest BCUT2D eigenvalue weighted by molar-refractivity contribution is 5.89. The number of nitrogens with zero attached hydrogens (tertiary/aromatic N) is 2. The van der Waals surface area contributed by atoms with Gasteiger partial charge in [0, 0.05) is 19.6 Å². The first-order valence-corrected chi connectivity index (χ1v) is 9.76. The van der Waals surface area contributed by atoms with Crippen molar-refractivity contribution in [1.82, 2.24) is 4.90 Å². The van der Waals surface area contributed by atoms with Gasteiger partial charge >= 0.3 is 5.97 Å². The van der Waals surface area contributed by atoms with Crippen molar-refractivity contribution >= 4 is 5.97 Å². The molecule has 1 N–H and O–H groups in total. The van der Waals surface area contributed by atoms with E-state index in [1.807, 2.05) is 24.3 Å². The van der Waals surface area contributed by atoms with Gasteiger partial charge in [-0.2, -0.15) is 5.26 Å². The molecule has 0 unspecified atom stereocenters. The summed E-state index contributed by atoms with van der Waals surface area (Å²) in [5.41, 5.74) is 1.51. The van der Waals surface area contributed by atoms with Gasteiger partial charge in [-0.05, 0) is 61.2 Å². The molecule has 0 atom stereocenters. The van der Waals surface area contributed by atoms with E-state index in [-0.39, 0.29) is 12.6 Å². The number of aliphatic hydroxyl groups is 1. The summed E-state index contributed by atoms with van der Waals surface area (Å²) in [7, 11) is 1.35. The second-order valence-corrected chi connectivity index (χ2v) is 7.43. The quantitative estimate of drug-likeness (QED) is 0.727. The second-order valence-electron chi connectivity index (χ2n) is 7.43. The zero-order valence-corrected chi connectivity index (χ0v) is 16.6. The van der Waals surface area contributed by atoms with Gasteiger partial charge in [0.15, 0.2) is 0 Å². The van der Waals surface area contributed by atoms with Crippen LogP contribution in [0.15, 0.2) is 48.5 Å². The molecule has 2 aromatic rings. The van der Waals surface area contributed by atoms with E-state index in [1.54, 1.807) is 24.3 Å². The molecule has 0 aliphatic carbocycles. The zero-order chi connectivity index (χ0) is 20.7. The zero-order valence-electron chi connectivity index (χ0n) is 16.6. The molecule has 1 aliphatic heterocycles. The van der Waals surface area contributed by atoms with Gasteiger partial charge in [0.2, 0.25) is 0 Å². The molecule has 0 aromatic heterocycles. The third-order valence-corrected chi connectivity index (χ3v) is 5.37. The molecule has 1 heterocycles. The average Bonchev–Trinajstić information content (AvgIpc) is 2.77. The number of carbonyl (C=O) groups is 1. The fraction of sp³-hybridized carbons (Fsp3) is 0.391. The molecule has 152 valence electrons. The third kappa shape index (κ3) is 5.80. The van der Waals surface area contributed by atoms with Crippen LogP contribution in [0.5, 0.6) is 5.75 Å². The Morgan fingerprint density at radius 2 is 1.79 bits per heavy atom. The largest absolute Gasteiger partial charge is 0.491 e. The minimum atomic E-state index is -0.841. The summed E-state index contributed by atoms with van der Waals surface area (Å²) in [6, 6.07) is 16.5. The fourth-order valence-electron chi connectivity index (χ4n) is 3.39. The minimum absolute atomic E-state index is 0.230. The number of carbonyl (C=O) groups excluding carboxylic acids is 1. The molecular weight excluding hydrogens is 368 g/mol. The summed E-state index contributed by atoms with van der Waals surface area (Å²) in [6.45, 7) is 2.79. The van der Waals surface area contributed by atoms with Gasteiger partial charge in [0.05, 0.1) is 24.3 Å². The van der Waals surface area contributed by atoms with E-state index in [2.05, 4.69) is 15.7 Å². The summed E-state index contributed by atoms with van der Waals surface area (Å²) in [5.74, 6) is 0.234. The molecule has 0 radical (unpaired) electrons. The Morgan fingerprint density at radius 3 is 2.38 bits per heavy atom. The predicted molar refractivity (Wildman–Crippen MR) is 109 cm³/mol. The monoisotopic (exact) mass is 394 g/mol. The number of rotatable bonds is 7. The molecule has 0 bridgehead atoms. The first-order valence-electron chi connectivity index (χ1n) is 9.76. The molecule has 1 saturated heterocycles. The van der Waals surface area contributed by atoms with Crippen LogP contribution in [-0.4, -0.2) is 54.9 Å². The molecular formula is C23H26N2O4. The Hall–Kier alpha value is -2.88. The van der Waals surface area contributed by atoms with Crippen molar-refractivity contribution in [3.8, 4) is 11.8 Å². The first-order chi connectivity index (χ1) is 14.0. The Bertz CT molecular complexity index is 848. The molecule has 6 heteroatoms. The smallest absolute Gasteiger partial charge is 0.337 e. The third-order valence-electron chi connectivity index (χ3n) is 5.37. The lowest BCUT2D eigenvalue weighted by atomic mass is 9.92. The first kappa shape index (κ1) is 20.8. The van der Waals surface area contributed by atoms with E-state index in [9.17, 15) is 9.90 Å². The number of hydrogen-bond acceptors (Lipinski definition) is 6. The van der Waals surface area contributed by atoms with E-state index >= 15 is 0 Å².